The lowest BCUT2D eigenvalue weighted by atomic mass is 10.1. The normalized spacial score (nSPS) is 10.7. The van der Waals surface area contributed by atoms with E-state index in [1.807, 2.05) is 0 Å². The monoisotopic (exact) mass is 1370 g/mol. The van der Waals surface area contributed by atoms with E-state index < -0.39 is 47.3 Å². The van der Waals surface area contributed by atoms with Crippen LogP contribution in [-0.2, 0) is 0 Å². The van der Waals surface area contributed by atoms with E-state index in [9.17, 15) is 38.4 Å². The van der Waals surface area contributed by atoms with E-state index in [1.165, 1.54) is 62.1 Å². The van der Waals surface area contributed by atoms with Crippen molar-refractivity contribution < 1.29 is 66.8 Å². The Labute approximate surface area is 588 Å². The van der Waals surface area contributed by atoms with Crippen LogP contribution in [0.5, 0.6) is 34.5 Å². The van der Waals surface area contributed by atoms with Crippen LogP contribution in [0.1, 0.15) is 265 Å². The molecule has 0 aliphatic rings. The Balaban J connectivity index is 1.18. The zero-order valence-electron chi connectivity index (χ0n) is 58.6. The summed E-state index contributed by atoms with van der Waals surface area (Å²) in [5.41, 5.74) is 19.5. The Morgan fingerprint density at radius 3 is 0.660 bits per heavy atom. The average Bonchev–Trinajstić information content (AvgIpc) is 0.839. The van der Waals surface area contributed by atoms with Crippen LogP contribution in [0.3, 0.4) is 0 Å². The van der Waals surface area contributed by atoms with Crippen molar-refractivity contribution in [3.63, 3.8) is 0 Å². The van der Waals surface area contributed by atoms with E-state index in [0.29, 0.717) is 49.4 Å². The Morgan fingerprint density at radius 1 is 0.230 bits per heavy atom. The number of nitrogens with one attached hydrogen (secondary N) is 8. The van der Waals surface area contributed by atoms with Crippen LogP contribution >= 0.6 is 0 Å². The summed E-state index contributed by atoms with van der Waals surface area (Å²) in [6.45, 7) is 9.69. The van der Waals surface area contributed by atoms with E-state index in [4.69, 9.17) is 28.4 Å². The van der Waals surface area contributed by atoms with Gasteiger partial charge in [-0.25, -0.2) is 0 Å². The van der Waals surface area contributed by atoms with Gasteiger partial charge < -0.3 is 28.4 Å². The molecule has 22 heteroatoms. The molecule has 0 atom stereocenters. The molecule has 8 N–H and O–H groups in total. The van der Waals surface area contributed by atoms with Crippen molar-refractivity contribution in [3.05, 3.63) is 178 Å². The van der Waals surface area contributed by atoms with Gasteiger partial charge in [-0.2, -0.15) is 0 Å². The Hall–Kier alpha value is -10.1. The zero-order chi connectivity index (χ0) is 71.4. The Morgan fingerprint density at radius 2 is 0.430 bits per heavy atom. The van der Waals surface area contributed by atoms with E-state index in [1.54, 1.807) is 97.1 Å². The minimum atomic E-state index is -0.842. The fourth-order valence-corrected chi connectivity index (χ4v) is 10.6. The highest BCUT2D eigenvalue weighted by atomic mass is 16.5. The number of para-hydroxylation sites is 4. The number of amides is 8. The number of hydrogen-bond donors (Lipinski definition) is 8. The highest BCUT2D eigenvalue weighted by Gasteiger charge is 2.22. The number of carbonyl (C=O) groups excluding carboxylic acids is 8. The first-order valence-electron chi connectivity index (χ1n) is 35.7. The van der Waals surface area contributed by atoms with E-state index >= 15 is 0 Å². The molecule has 0 aromatic heterocycles. The summed E-state index contributed by atoms with van der Waals surface area (Å²) in [4.78, 5) is 110. The van der Waals surface area contributed by atoms with Crippen LogP contribution in [0.2, 0.25) is 0 Å². The van der Waals surface area contributed by atoms with Crippen LogP contribution < -0.4 is 71.8 Å². The zero-order valence-corrected chi connectivity index (χ0v) is 58.6. The van der Waals surface area contributed by atoms with Crippen molar-refractivity contribution in [2.75, 3.05) is 39.6 Å². The highest BCUT2D eigenvalue weighted by Crippen LogP contribution is 2.25. The van der Waals surface area contributed by atoms with Crippen molar-refractivity contribution in [2.45, 2.75) is 182 Å². The standard InChI is InChI=1S/C78H102N8O14/c1-5-9-13-17-21-33-45-97-67-41-29-25-37-63(67)75(91)83-79-71(87)57-51-58(72(88)80-84-76(92)64-38-26-30-42-68(64)98-46-34-22-18-14-10-6-2)54-61(53-57)95-49-50-96-62-55-59(73(89)81-85-77(93)65-39-27-31-43-69(65)99-47-35-23-19-15-11-7-3)52-60(56-62)74(90)82-86-78(94)66-40-28-32-44-70(66)100-48-36-24-20-16-12-8-4/h25-32,37-44,51-56H,5-24,33-36,45-50H2,1-4H3,(H,79,87)(H,80,88)(H,81,89)(H,82,90)(H,83,91)(H,84,92)(H,85,93)(H,86,94). The SMILES string of the molecule is CCCCCCCCOc1ccccc1C(=O)NNC(=O)c1cc(OCCOc2cc(C(=O)NNC(=O)c3ccccc3OCCCCCCCC)cc(C(=O)NNC(=O)c3ccccc3OCCCCCCCC)c2)cc(C(=O)NNC(=O)c2ccccc2OCCCCCCCC)c1. The minimum Gasteiger partial charge on any atom is -0.493 e. The van der Waals surface area contributed by atoms with Gasteiger partial charge in [0.2, 0.25) is 0 Å². The van der Waals surface area contributed by atoms with E-state index in [2.05, 4.69) is 71.1 Å². The van der Waals surface area contributed by atoms with Gasteiger partial charge in [0.05, 0.1) is 48.7 Å². The number of ether oxygens (including phenoxy) is 6. The van der Waals surface area contributed by atoms with Gasteiger partial charge in [0.15, 0.2) is 0 Å². The quantitative estimate of drug-likeness (QED) is 0.0130. The molecule has 0 fully saturated rings. The molecule has 0 aliphatic carbocycles. The first-order valence-corrected chi connectivity index (χ1v) is 35.7. The largest absolute Gasteiger partial charge is 0.493 e. The van der Waals surface area contributed by atoms with Crippen molar-refractivity contribution in [2.24, 2.45) is 0 Å². The molecule has 8 amide bonds. The number of hydrazine groups is 4. The van der Waals surface area contributed by atoms with Gasteiger partial charge in [0.1, 0.15) is 47.7 Å². The molecule has 100 heavy (non-hydrogen) atoms. The summed E-state index contributed by atoms with van der Waals surface area (Å²) >= 11 is 0. The number of benzene rings is 6. The summed E-state index contributed by atoms with van der Waals surface area (Å²) in [6, 6.07) is 34.3. The van der Waals surface area contributed by atoms with E-state index in [-0.39, 0.29) is 69.2 Å². The smallest absolute Gasteiger partial charge is 0.273 e. The van der Waals surface area contributed by atoms with Crippen molar-refractivity contribution in [1.29, 1.82) is 0 Å². The second kappa shape index (κ2) is 46.2. The third-order valence-electron chi connectivity index (χ3n) is 16.2. The molecule has 0 bridgehead atoms. The number of hydrogen-bond acceptors (Lipinski definition) is 14. The molecule has 6 rings (SSSR count). The summed E-state index contributed by atoms with van der Waals surface area (Å²) in [6.07, 6.45) is 25.3. The third kappa shape index (κ3) is 28.4. The van der Waals surface area contributed by atoms with Gasteiger partial charge in [-0.15, -0.1) is 0 Å². The van der Waals surface area contributed by atoms with Crippen LogP contribution in [0.4, 0.5) is 0 Å². The van der Waals surface area contributed by atoms with Gasteiger partial charge in [-0.05, 0) is 111 Å². The summed E-state index contributed by atoms with van der Waals surface area (Å²) in [5, 5.41) is 0. The lowest BCUT2D eigenvalue weighted by molar-refractivity contribution is 0.0839. The van der Waals surface area contributed by atoms with Gasteiger partial charge >= 0.3 is 0 Å². The summed E-state index contributed by atoms with van der Waals surface area (Å²) < 4.78 is 36.2. The van der Waals surface area contributed by atoms with Crippen molar-refractivity contribution in [3.8, 4) is 34.5 Å². The molecule has 0 saturated heterocycles. The fourth-order valence-electron chi connectivity index (χ4n) is 10.6. The van der Waals surface area contributed by atoms with Gasteiger partial charge in [0, 0.05) is 22.3 Å². The number of rotatable bonds is 45. The molecule has 538 valence electrons. The average molecular weight is 1380 g/mol. The van der Waals surface area contributed by atoms with Crippen molar-refractivity contribution in [1.82, 2.24) is 43.4 Å². The minimum absolute atomic E-state index is 0.0237. The van der Waals surface area contributed by atoms with Gasteiger partial charge in [0.25, 0.3) is 47.3 Å². The summed E-state index contributed by atoms with van der Waals surface area (Å²) in [7, 11) is 0. The first kappa shape index (κ1) is 78.9. The van der Waals surface area contributed by atoms with Gasteiger partial charge in [-0.3, -0.25) is 81.8 Å². The lowest BCUT2D eigenvalue weighted by Crippen LogP contribution is -2.42. The maximum Gasteiger partial charge on any atom is 0.273 e. The molecule has 6 aromatic carbocycles. The maximum atomic E-state index is 14.0. The van der Waals surface area contributed by atoms with Crippen LogP contribution in [0.15, 0.2) is 133 Å². The topological polar surface area (TPSA) is 288 Å². The van der Waals surface area contributed by atoms with Crippen LogP contribution in [-0.4, -0.2) is 86.9 Å². The Kier molecular flexibility index (Phi) is 36.4. The molecule has 0 aliphatic heterocycles. The van der Waals surface area contributed by atoms with Gasteiger partial charge in [-0.1, -0.05) is 205 Å². The highest BCUT2D eigenvalue weighted by molar-refractivity contribution is 6.06. The maximum absolute atomic E-state index is 14.0. The predicted octanol–water partition coefficient (Wildman–Crippen LogP) is 14.4. The molecule has 0 spiro atoms. The second-order valence-corrected chi connectivity index (χ2v) is 24.3. The lowest BCUT2D eigenvalue weighted by Gasteiger charge is -2.15. The predicted molar refractivity (Wildman–Crippen MR) is 385 cm³/mol. The third-order valence-corrected chi connectivity index (χ3v) is 16.2. The fraction of sp³-hybridized carbons (Fsp3) is 0.436. The molecule has 0 heterocycles. The molecular formula is C78H102N8O14. The van der Waals surface area contributed by atoms with Crippen LogP contribution in [0, 0.1) is 0 Å². The molecule has 6 aromatic rings. The van der Waals surface area contributed by atoms with E-state index in [0.717, 1.165) is 128 Å². The first-order chi connectivity index (χ1) is 48.8. The molecule has 0 radical (unpaired) electrons. The second-order valence-electron chi connectivity index (χ2n) is 24.3. The number of carbonyl (C=O) groups is 8. The molecule has 0 unspecified atom stereocenters. The molecular weight excluding hydrogens is 1270 g/mol. The number of unbranched alkanes of at least 4 members (excludes halogenated alkanes) is 20. The summed E-state index contributed by atoms with van der Waals surface area (Å²) in [5.74, 6) is -4.75. The Bertz CT molecular complexity index is 3100. The molecule has 22 nitrogen and oxygen atoms in total. The molecule has 0 saturated carbocycles. The van der Waals surface area contributed by atoms with Crippen LogP contribution in [0.25, 0.3) is 0 Å². The van der Waals surface area contributed by atoms with Crippen molar-refractivity contribution >= 4 is 47.3 Å².